The van der Waals surface area contributed by atoms with Crippen LogP contribution < -0.4 is 0 Å². The van der Waals surface area contributed by atoms with Crippen molar-refractivity contribution in [3.8, 4) is 0 Å². The molecule has 7 heteroatoms. The van der Waals surface area contributed by atoms with Crippen molar-refractivity contribution < 1.29 is 19.1 Å². The van der Waals surface area contributed by atoms with E-state index in [4.69, 9.17) is 4.74 Å². The van der Waals surface area contributed by atoms with E-state index in [2.05, 4.69) is 31.9 Å². The molecule has 3 rings (SSSR count). The number of nitrogens with zero attached hydrogens (tertiary/aromatic N) is 1. The third-order valence-corrected chi connectivity index (χ3v) is 8.86. The van der Waals surface area contributed by atoms with Gasteiger partial charge in [-0.05, 0) is 44.4 Å². The van der Waals surface area contributed by atoms with Gasteiger partial charge >= 0.3 is 5.97 Å². The van der Waals surface area contributed by atoms with Gasteiger partial charge in [-0.2, -0.15) is 0 Å². The number of imide groups is 1. The SMILES string of the molecule is CC(C)C[C@H](C(=O)OC(C)C)N1C(=O)[C@@H]2[C@@H]3C[C@H]([C@H](Br)[C@@H]3Br)[C@@H]2C1=O. The van der Waals surface area contributed by atoms with Crippen LogP contribution in [0.5, 0.6) is 0 Å². The largest absolute Gasteiger partial charge is 0.461 e. The molecule has 0 unspecified atom stereocenters. The highest BCUT2D eigenvalue weighted by molar-refractivity contribution is 9.12. The van der Waals surface area contributed by atoms with Crippen molar-refractivity contribution in [2.45, 2.75) is 62.3 Å². The molecule has 2 bridgehead atoms. The number of esters is 1. The van der Waals surface area contributed by atoms with E-state index in [1.54, 1.807) is 13.8 Å². The molecule has 140 valence electrons. The highest BCUT2D eigenvalue weighted by Gasteiger charge is 2.67. The van der Waals surface area contributed by atoms with Crippen molar-refractivity contribution >= 4 is 49.6 Å². The Morgan fingerprint density at radius 2 is 1.56 bits per heavy atom. The predicted molar refractivity (Wildman–Crippen MR) is 100 cm³/mol. The van der Waals surface area contributed by atoms with Gasteiger partial charge < -0.3 is 4.74 Å². The summed E-state index contributed by atoms with van der Waals surface area (Å²) in [5.41, 5.74) is 0. The van der Waals surface area contributed by atoms with Gasteiger partial charge in [0.2, 0.25) is 11.8 Å². The Hall–Kier alpha value is -0.430. The Kier molecular flexibility index (Phi) is 5.37. The number of fused-ring (bicyclic) bond motifs is 5. The van der Waals surface area contributed by atoms with Crippen LogP contribution in [0.25, 0.3) is 0 Å². The lowest BCUT2D eigenvalue weighted by atomic mass is 9.81. The third kappa shape index (κ3) is 3.09. The molecule has 3 aliphatic rings. The molecule has 1 saturated heterocycles. The van der Waals surface area contributed by atoms with Gasteiger partial charge in [-0.25, -0.2) is 4.79 Å². The lowest BCUT2D eigenvalue weighted by Gasteiger charge is -2.28. The first-order chi connectivity index (χ1) is 11.6. The van der Waals surface area contributed by atoms with Gasteiger partial charge in [-0.15, -0.1) is 0 Å². The van der Waals surface area contributed by atoms with E-state index in [-0.39, 0.29) is 57.2 Å². The Bertz CT molecular complexity index is 562. The first kappa shape index (κ1) is 19.3. The van der Waals surface area contributed by atoms with E-state index in [9.17, 15) is 14.4 Å². The summed E-state index contributed by atoms with van der Waals surface area (Å²) in [6.07, 6.45) is 1.05. The Morgan fingerprint density at radius 3 is 1.96 bits per heavy atom. The van der Waals surface area contributed by atoms with Gasteiger partial charge in [0.05, 0.1) is 17.9 Å². The minimum atomic E-state index is -0.810. The summed E-state index contributed by atoms with van der Waals surface area (Å²) in [4.78, 5) is 40.5. The van der Waals surface area contributed by atoms with Crippen LogP contribution in [0.15, 0.2) is 0 Å². The van der Waals surface area contributed by atoms with E-state index in [0.29, 0.717) is 6.42 Å². The van der Waals surface area contributed by atoms with Gasteiger partial charge in [-0.3, -0.25) is 14.5 Å². The summed E-state index contributed by atoms with van der Waals surface area (Å²) in [6, 6.07) is -0.810. The minimum absolute atomic E-state index is 0.154. The van der Waals surface area contributed by atoms with Crippen LogP contribution in [0.3, 0.4) is 0 Å². The molecule has 1 aliphatic heterocycles. The molecular weight excluding hydrogens is 454 g/mol. The zero-order valence-electron chi connectivity index (χ0n) is 14.9. The van der Waals surface area contributed by atoms with Crippen LogP contribution in [-0.2, 0) is 19.1 Å². The normalized spacial score (nSPS) is 38.0. The lowest BCUT2D eigenvalue weighted by Crippen LogP contribution is -2.48. The number of ether oxygens (including phenoxy) is 1. The van der Waals surface area contributed by atoms with E-state index in [1.807, 2.05) is 13.8 Å². The van der Waals surface area contributed by atoms with Crippen LogP contribution in [0.1, 0.15) is 40.5 Å². The van der Waals surface area contributed by atoms with Gasteiger partial charge in [-0.1, -0.05) is 45.7 Å². The molecule has 2 saturated carbocycles. The number of hydrogen-bond acceptors (Lipinski definition) is 4. The topological polar surface area (TPSA) is 63.7 Å². The first-order valence-corrected chi connectivity index (χ1v) is 10.8. The maximum absolute atomic E-state index is 13.1. The molecule has 2 aliphatic carbocycles. The number of likely N-dealkylation sites (tertiary alicyclic amines) is 1. The summed E-state index contributed by atoms with van der Waals surface area (Å²) in [6.45, 7) is 7.51. The maximum Gasteiger partial charge on any atom is 0.329 e. The van der Waals surface area contributed by atoms with Gasteiger partial charge in [0.15, 0.2) is 0 Å². The molecule has 0 aromatic carbocycles. The summed E-state index contributed by atoms with van der Waals surface area (Å²) >= 11 is 7.37. The van der Waals surface area contributed by atoms with E-state index in [1.165, 1.54) is 4.90 Å². The number of carbonyl (C=O) groups excluding carboxylic acids is 3. The Morgan fingerprint density at radius 1 is 1.08 bits per heavy atom. The average Bonchev–Trinajstić information content (AvgIpc) is 3.09. The van der Waals surface area contributed by atoms with E-state index >= 15 is 0 Å². The van der Waals surface area contributed by atoms with Crippen molar-refractivity contribution in [3.63, 3.8) is 0 Å². The number of alkyl halides is 2. The number of carbonyl (C=O) groups is 3. The summed E-state index contributed by atoms with van der Waals surface area (Å²) in [7, 11) is 0. The number of amides is 2. The molecule has 0 aromatic heterocycles. The molecule has 0 N–H and O–H groups in total. The predicted octanol–water partition coefficient (Wildman–Crippen LogP) is 3.13. The molecule has 7 atom stereocenters. The Labute approximate surface area is 165 Å². The van der Waals surface area contributed by atoms with Crippen LogP contribution in [0.2, 0.25) is 0 Å². The monoisotopic (exact) mass is 477 g/mol. The molecule has 0 aromatic rings. The highest BCUT2D eigenvalue weighted by atomic mass is 79.9. The van der Waals surface area contributed by atoms with Gasteiger partial charge in [0.25, 0.3) is 0 Å². The molecule has 0 spiro atoms. The lowest BCUT2D eigenvalue weighted by molar-refractivity contribution is -0.162. The van der Waals surface area contributed by atoms with Gasteiger partial charge in [0.1, 0.15) is 6.04 Å². The standard InChI is InChI=1S/C18H25Br2NO4/c1-7(2)5-11(18(24)25-8(3)4)21-16(22)12-9-6-10(13(12)17(21)23)15(20)14(9)19/h7-15H,5-6H2,1-4H3/t9-,10-,11+,12-,13+,14-,15+/m0/s1. The van der Waals surface area contributed by atoms with Crippen molar-refractivity contribution in [1.29, 1.82) is 0 Å². The second-order valence-electron chi connectivity index (χ2n) is 8.18. The zero-order chi connectivity index (χ0) is 18.6. The molecule has 2 amide bonds. The smallest absolute Gasteiger partial charge is 0.329 e. The summed E-state index contributed by atoms with van der Waals surface area (Å²) in [5.74, 6) is -0.938. The van der Waals surface area contributed by atoms with E-state index < -0.39 is 12.0 Å². The maximum atomic E-state index is 13.1. The molecule has 3 fully saturated rings. The minimum Gasteiger partial charge on any atom is -0.461 e. The first-order valence-electron chi connectivity index (χ1n) is 9.00. The second-order valence-corrected chi connectivity index (χ2v) is 10.3. The molecule has 0 radical (unpaired) electrons. The van der Waals surface area contributed by atoms with Crippen LogP contribution in [-0.4, -0.2) is 44.5 Å². The number of rotatable bonds is 5. The second kappa shape index (κ2) is 6.95. The fourth-order valence-corrected chi connectivity index (χ4v) is 6.62. The van der Waals surface area contributed by atoms with Crippen molar-refractivity contribution in [2.75, 3.05) is 0 Å². The summed E-state index contributed by atoms with van der Waals surface area (Å²) < 4.78 is 5.35. The van der Waals surface area contributed by atoms with Crippen LogP contribution >= 0.6 is 31.9 Å². The highest BCUT2D eigenvalue weighted by Crippen LogP contribution is 2.60. The summed E-state index contributed by atoms with van der Waals surface area (Å²) in [5, 5.41) is 0. The van der Waals surface area contributed by atoms with Crippen molar-refractivity contribution in [2.24, 2.45) is 29.6 Å². The molecule has 25 heavy (non-hydrogen) atoms. The molecule has 5 nitrogen and oxygen atoms in total. The molecule has 1 heterocycles. The van der Waals surface area contributed by atoms with Crippen LogP contribution in [0.4, 0.5) is 0 Å². The number of halogens is 2. The van der Waals surface area contributed by atoms with E-state index in [0.717, 1.165) is 6.42 Å². The Balaban J connectivity index is 1.89. The number of hydrogen-bond donors (Lipinski definition) is 0. The third-order valence-electron chi connectivity index (χ3n) is 5.65. The molecular formula is C18H25Br2NO4. The van der Waals surface area contributed by atoms with Crippen LogP contribution in [0, 0.1) is 29.6 Å². The average molecular weight is 479 g/mol. The fourth-order valence-electron chi connectivity index (χ4n) is 4.74. The zero-order valence-corrected chi connectivity index (χ0v) is 18.1. The fraction of sp³-hybridized carbons (Fsp3) is 0.833. The quantitative estimate of drug-likeness (QED) is 0.346. The van der Waals surface area contributed by atoms with Crippen molar-refractivity contribution in [3.05, 3.63) is 0 Å². The van der Waals surface area contributed by atoms with Crippen molar-refractivity contribution in [1.82, 2.24) is 4.90 Å². The van der Waals surface area contributed by atoms with Gasteiger partial charge in [0, 0.05) is 9.65 Å².